The molecule has 0 fully saturated rings. The van der Waals surface area contributed by atoms with Crippen molar-refractivity contribution in [1.29, 1.82) is 0 Å². The van der Waals surface area contributed by atoms with E-state index < -0.39 is 0 Å². The number of nitrogens with one attached hydrogen (secondary N) is 2. The van der Waals surface area contributed by atoms with Gasteiger partial charge in [0.05, 0.1) is 12.6 Å². The minimum atomic E-state index is 0.254. The molecule has 0 saturated heterocycles. The van der Waals surface area contributed by atoms with Crippen molar-refractivity contribution in [3.05, 3.63) is 11.9 Å². The van der Waals surface area contributed by atoms with Crippen molar-refractivity contribution in [2.24, 2.45) is 0 Å². The Morgan fingerprint density at radius 1 is 1.19 bits per heavy atom. The van der Waals surface area contributed by atoms with E-state index in [0.717, 1.165) is 31.0 Å². The normalized spacial score (nSPS) is 12.2. The Labute approximate surface area is 127 Å². The molecule has 1 atom stereocenters. The number of rotatable bonds is 11. The van der Waals surface area contributed by atoms with Crippen molar-refractivity contribution in [3.63, 3.8) is 0 Å². The summed E-state index contributed by atoms with van der Waals surface area (Å²) in [4.78, 5) is 8.96. The van der Waals surface area contributed by atoms with Gasteiger partial charge in [-0.2, -0.15) is 0 Å². The molecule has 1 heterocycles. The van der Waals surface area contributed by atoms with Crippen LogP contribution >= 0.6 is 0 Å². The number of hydrogen-bond acceptors (Lipinski definition) is 6. The molecule has 6 nitrogen and oxygen atoms in total. The smallest absolute Gasteiger partial charge is 0.158 e. The highest BCUT2D eigenvalue weighted by Gasteiger charge is 2.10. The molecule has 0 aromatic carbocycles. The van der Waals surface area contributed by atoms with E-state index in [1.54, 1.807) is 7.11 Å². The first-order valence-electron chi connectivity index (χ1n) is 7.68. The predicted molar refractivity (Wildman–Crippen MR) is 85.7 cm³/mol. The molecule has 0 radical (unpaired) electrons. The van der Waals surface area contributed by atoms with E-state index in [4.69, 9.17) is 9.47 Å². The minimum absolute atomic E-state index is 0.254. The lowest BCUT2D eigenvalue weighted by molar-refractivity contribution is 0.128. The number of nitrogens with zero attached hydrogens (tertiary/aromatic N) is 2. The van der Waals surface area contributed by atoms with E-state index >= 15 is 0 Å². The van der Waals surface area contributed by atoms with Crippen LogP contribution in [0, 0.1) is 0 Å². The number of aromatic nitrogens is 2. The molecular formula is C15H28N4O2. The number of ether oxygens (including phenoxy) is 2. The fourth-order valence-corrected chi connectivity index (χ4v) is 2.06. The number of anilines is 2. The van der Waals surface area contributed by atoms with Crippen LogP contribution in [0.3, 0.4) is 0 Å². The van der Waals surface area contributed by atoms with E-state index in [0.29, 0.717) is 25.6 Å². The molecule has 1 aromatic heterocycles. The fraction of sp³-hybridized carbons (Fsp3) is 0.733. The van der Waals surface area contributed by atoms with Crippen LogP contribution in [-0.4, -0.2) is 42.9 Å². The molecule has 1 aromatic rings. The quantitative estimate of drug-likeness (QED) is 0.654. The second-order valence-electron chi connectivity index (χ2n) is 4.81. The highest BCUT2D eigenvalue weighted by Crippen LogP contribution is 2.14. The molecule has 0 bridgehead atoms. The van der Waals surface area contributed by atoms with Crippen molar-refractivity contribution >= 4 is 11.6 Å². The molecule has 0 aliphatic rings. The molecular weight excluding hydrogens is 268 g/mol. The average molecular weight is 296 g/mol. The van der Waals surface area contributed by atoms with Crippen molar-refractivity contribution in [2.75, 3.05) is 37.5 Å². The van der Waals surface area contributed by atoms with Crippen LogP contribution in [0.4, 0.5) is 11.6 Å². The zero-order valence-electron chi connectivity index (χ0n) is 13.6. The zero-order chi connectivity index (χ0) is 15.5. The SMILES string of the molecule is CCCC(COC)Nc1cc(NCC)nc(COCC)n1. The Bertz CT molecular complexity index is 395. The first kappa shape index (κ1) is 17.7. The highest BCUT2D eigenvalue weighted by atomic mass is 16.5. The molecule has 1 rings (SSSR count). The maximum Gasteiger partial charge on any atom is 0.158 e. The topological polar surface area (TPSA) is 68.3 Å². The van der Waals surface area contributed by atoms with Gasteiger partial charge in [0.1, 0.15) is 18.2 Å². The van der Waals surface area contributed by atoms with E-state index in [2.05, 4.69) is 27.5 Å². The zero-order valence-corrected chi connectivity index (χ0v) is 13.6. The van der Waals surface area contributed by atoms with Crippen LogP contribution in [-0.2, 0) is 16.1 Å². The Balaban J connectivity index is 2.83. The van der Waals surface area contributed by atoms with Crippen molar-refractivity contribution in [1.82, 2.24) is 9.97 Å². The van der Waals surface area contributed by atoms with Gasteiger partial charge in [0, 0.05) is 26.3 Å². The number of methoxy groups -OCH3 is 1. The standard InChI is InChI=1S/C15H28N4O2/c1-5-8-12(10-20-4)17-14-9-13(16-6-2)18-15(19-14)11-21-7-3/h9,12H,5-8,10-11H2,1-4H3,(H2,16,17,18,19). The van der Waals surface area contributed by atoms with Gasteiger partial charge in [0.25, 0.3) is 0 Å². The maximum atomic E-state index is 5.40. The molecule has 0 aliphatic heterocycles. The van der Waals surface area contributed by atoms with Gasteiger partial charge in [0.2, 0.25) is 0 Å². The summed E-state index contributed by atoms with van der Waals surface area (Å²) in [6.07, 6.45) is 2.13. The lowest BCUT2D eigenvalue weighted by Crippen LogP contribution is -2.25. The molecule has 0 spiro atoms. The van der Waals surface area contributed by atoms with E-state index in [1.807, 2.05) is 19.9 Å². The van der Waals surface area contributed by atoms with Gasteiger partial charge in [-0.3, -0.25) is 0 Å². The number of hydrogen-bond donors (Lipinski definition) is 2. The van der Waals surface area contributed by atoms with Crippen molar-refractivity contribution in [3.8, 4) is 0 Å². The Kier molecular flexibility index (Phi) is 8.69. The van der Waals surface area contributed by atoms with Gasteiger partial charge in [-0.05, 0) is 20.3 Å². The summed E-state index contributed by atoms with van der Waals surface area (Å²) in [5.74, 6) is 2.31. The van der Waals surface area contributed by atoms with Crippen LogP contribution in [0.25, 0.3) is 0 Å². The van der Waals surface area contributed by atoms with Gasteiger partial charge in [-0.1, -0.05) is 13.3 Å². The van der Waals surface area contributed by atoms with Gasteiger partial charge < -0.3 is 20.1 Å². The average Bonchev–Trinajstić information content (AvgIpc) is 2.46. The molecule has 1 unspecified atom stereocenters. The summed E-state index contributed by atoms with van der Waals surface area (Å²) in [5, 5.41) is 6.65. The first-order chi connectivity index (χ1) is 10.2. The van der Waals surface area contributed by atoms with Crippen LogP contribution in [0.1, 0.15) is 39.4 Å². The third-order valence-corrected chi connectivity index (χ3v) is 2.92. The second-order valence-corrected chi connectivity index (χ2v) is 4.81. The van der Waals surface area contributed by atoms with Gasteiger partial charge in [0.15, 0.2) is 5.82 Å². The molecule has 0 amide bonds. The summed E-state index contributed by atoms with van der Waals surface area (Å²) in [6, 6.07) is 2.18. The van der Waals surface area contributed by atoms with Gasteiger partial charge in [-0.25, -0.2) is 9.97 Å². The lowest BCUT2D eigenvalue weighted by atomic mass is 10.2. The van der Waals surface area contributed by atoms with E-state index in [9.17, 15) is 0 Å². The Morgan fingerprint density at radius 3 is 2.57 bits per heavy atom. The predicted octanol–water partition coefficient (Wildman–Crippen LogP) is 2.67. The highest BCUT2D eigenvalue weighted by molar-refractivity contribution is 5.48. The third-order valence-electron chi connectivity index (χ3n) is 2.92. The maximum absolute atomic E-state index is 5.40. The molecule has 0 aliphatic carbocycles. The van der Waals surface area contributed by atoms with E-state index in [-0.39, 0.29) is 6.04 Å². The molecule has 0 saturated carbocycles. The Morgan fingerprint density at radius 2 is 1.95 bits per heavy atom. The lowest BCUT2D eigenvalue weighted by Gasteiger charge is -2.18. The first-order valence-corrected chi connectivity index (χ1v) is 7.68. The van der Waals surface area contributed by atoms with Crippen molar-refractivity contribution < 1.29 is 9.47 Å². The monoisotopic (exact) mass is 296 g/mol. The summed E-state index contributed by atoms with van der Waals surface area (Å²) in [6.45, 7) is 8.73. The Hall–Kier alpha value is -1.40. The van der Waals surface area contributed by atoms with Crippen LogP contribution in [0.15, 0.2) is 6.07 Å². The largest absolute Gasteiger partial charge is 0.383 e. The fourth-order valence-electron chi connectivity index (χ4n) is 2.06. The summed E-state index contributed by atoms with van der Waals surface area (Å²) in [5.41, 5.74) is 0. The van der Waals surface area contributed by atoms with Crippen LogP contribution < -0.4 is 10.6 Å². The van der Waals surface area contributed by atoms with Gasteiger partial charge >= 0.3 is 0 Å². The summed E-state index contributed by atoms with van der Waals surface area (Å²) in [7, 11) is 1.72. The summed E-state index contributed by atoms with van der Waals surface area (Å²) >= 11 is 0. The van der Waals surface area contributed by atoms with Crippen molar-refractivity contribution in [2.45, 2.75) is 46.3 Å². The van der Waals surface area contributed by atoms with Gasteiger partial charge in [-0.15, -0.1) is 0 Å². The molecule has 6 heteroatoms. The van der Waals surface area contributed by atoms with Crippen LogP contribution in [0.5, 0.6) is 0 Å². The molecule has 2 N–H and O–H groups in total. The minimum Gasteiger partial charge on any atom is -0.383 e. The van der Waals surface area contributed by atoms with Crippen LogP contribution in [0.2, 0.25) is 0 Å². The van der Waals surface area contributed by atoms with E-state index in [1.165, 1.54) is 0 Å². The third kappa shape index (κ3) is 6.73. The molecule has 120 valence electrons. The summed E-state index contributed by atoms with van der Waals surface area (Å²) < 4.78 is 10.7. The molecule has 21 heavy (non-hydrogen) atoms. The second kappa shape index (κ2) is 10.3.